The third-order valence-electron chi connectivity index (χ3n) is 8.65. The van der Waals surface area contributed by atoms with Gasteiger partial charge in [-0.2, -0.15) is 0 Å². The maximum Gasteiger partial charge on any atom is 0.306 e. The van der Waals surface area contributed by atoms with Crippen molar-refractivity contribution in [2.75, 3.05) is 13.2 Å². The molecular weight excluding hydrogens is 536 g/mol. The Morgan fingerprint density at radius 3 is 1.02 bits per heavy atom. The van der Waals surface area contributed by atoms with Crippen LogP contribution in [-0.2, 0) is 19.1 Å². The van der Waals surface area contributed by atoms with Crippen LogP contribution in [0.1, 0.15) is 213 Å². The molecule has 0 aliphatic heterocycles. The quantitative estimate of drug-likeness (QED) is 0.0571. The second-order valence-corrected chi connectivity index (χ2v) is 13.0. The fourth-order valence-corrected chi connectivity index (χ4v) is 5.73. The molecule has 0 fully saturated rings. The molecular formula is C38H74O5. The van der Waals surface area contributed by atoms with Gasteiger partial charge in [0.15, 0.2) is 6.10 Å². The molecule has 0 saturated carbocycles. The highest BCUT2D eigenvalue weighted by Gasteiger charge is 2.16. The number of carbonyl (C=O) groups is 2. The summed E-state index contributed by atoms with van der Waals surface area (Å²) in [5, 5.41) is 9.49. The van der Waals surface area contributed by atoms with Gasteiger partial charge in [-0.25, -0.2) is 0 Å². The third kappa shape index (κ3) is 33.6. The van der Waals surface area contributed by atoms with E-state index in [1.807, 2.05) is 0 Å². The molecule has 0 aliphatic carbocycles. The van der Waals surface area contributed by atoms with Gasteiger partial charge in [-0.1, -0.05) is 187 Å². The zero-order chi connectivity index (χ0) is 31.5. The van der Waals surface area contributed by atoms with Crippen LogP contribution in [0.15, 0.2) is 0 Å². The van der Waals surface area contributed by atoms with Crippen LogP contribution in [0.3, 0.4) is 0 Å². The molecule has 0 aromatic heterocycles. The lowest BCUT2D eigenvalue weighted by molar-refractivity contribution is -0.161. The molecule has 1 atom stereocenters. The molecule has 0 saturated heterocycles. The topological polar surface area (TPSA) is 72.8 Å². The Morgan fingerprint density at radius 2 is 0.721 bits per heavy atom. The monoisotopic (exact) mass is 611 g/mol. The first kappa shape index (κ1) is 41.9. The van der Waals surface area contributed by atoms with E-state index >= 15 is 0 Å². The van der Waals surface area contributed by atoms with Crippen molar-refractivity contribution in [3.63, 3.8) is 0 Å². The molecule has 0 heterocycles. The standard InChI is InChI=1S/C38H74O5/c1-3-5-7-9-11-12-13-14-15-16-17-18-19-20-21-22-23-24-25-27-29-31-33-38(41)43-36(34-39)35-42-37(40)32-30-28-26-10-8-6-4-2/h36,39H,3-35H2,1-2H3. The number of aliphatic hydroxyl groups excluding tert-OH is 1. The number of unbranched alkanes of at least 4 members (excludes halogenated alkanes) is 27. The van der Waals surface area contributed by atoms with E-state index < -0.39 is 6.10 Å². The second-order valence-electron chi connectivity index (χ2n) is 13.0. The minimum atomic E-state index is -0.759. The minimum Gasteiger partial charge on any atom is -0.462 e. The van der Waals surface area contributed by atoms with Crippen LogP contribution in [0.4, 0.5) is 0 Å². The van der Waals surface area contributed by atoms with E-state index in [9.17, 15) is 14.7 Å². The highest BCUT2D eigenvalue weighted by molar-refractivity contribution is 5.70. The Balaban J connectivity index is 3.41. The van der Waals surface area contributed by atoms with E-state index in [1.165, 1.54) is 148 Å². The fourth-order valence-electron chi connectivity index (χ4n) is 5.73. The Bertz CT molecular complexity index is 579. The summed E-state index contributed by atoms with van der Waals surface area (Å²) in [6, 6.07) is 0. The van der Waals surface area contributed by atoms with E-state index in [1.54, 1.807) is 0 Å². The highest BCUT2D eigenvalue weighted by Crippen LogP contribution is 2.16. The molecule has 1 unspecified atom stereocenters. The average Bonchev–Trinajstić information content (AvgIpc) is 3.01. The molecule has 5 nitrogen and oxygen atoms in total. The van der Waals surface area contributed by atoms with Crippen molar-refractivity contribution in [2.24, 2.45) is 0 Å². The summed E-state index contributed by atoms with van der Waals surface area (Å²) in [5.74, 6) is -0.585. The number of aliphatic hydroxyl groups is 1. The SMILES string of the molecule is CCCCCCCCCCCCCCCCCCCCCCCCC(=O)OC(CO)COC(=O)CCCCCCCCC. The van der Waals surface area contributed by atoms with E-state index in [4.69, 9.17) is 9.47 Å². The molecule has 43 heavy (non-hydrogen) atoms. The van der Waals surface area contributed by atoms with Gasteiger partial charge in [0.1, 0.15) is 6.61 Å². The number of esters is 2. The van der Waals surface area contributed by atoms with Crippen LogP contribution >= 0.6 is 0 Å². The molecule has 0 bridgehead atoms. The van der Waals surface area contributed by atoms with Crippen molar-refractivity contribution in [3.05, 3.63) is 0 Å². The van der Waals surface area contributed by atoms with Crippen molar-refractivity contribution in [1.29, 1.82) is 0 Å². The minimum absolute atomic E-state index is 0.0586. The molecule has 5 heteroatoms. The average molecular weight is 611 g/mol. The zero-order valence-corrected chi connectivity index (χ0v) is 29.0. The Hall–Kier alpha value is -1.10. The summed E-state index contributed by atoms with van der Waals surface area (Å²) in [7, 11) is 0. The van der Waals surface area contributed by atoms with Crippen molar-refractivity contribution in [2.45, 2.75) is 219 Å². The zero-order valence-electron chi connectivity index (χ0n) is 29.0. The van der Waals surface area contributed by atoms with Gasteiger partial charge in [-0.3, -0.25) is 9.59 Å². The van der Waals surface area contributed by atoms with E-state index in [-0.39, 0.29) is 25.2 Å². The number of rotatable bonds is 35. The first-order chi connectivity index (χ1) is 21.1. The van der Waals surface area contributed by atoms with Gasteiger partial charge in [-0.05, 0) is 12.8 Å². The van der Waals surface area contributed by atoms with Gasteiger partial charge in [-0.15, -0.1) is 0 Å². The van der Waals surface area contributed by atoms with Gasteiger partial charge in [0.2, 0.25) is 0 Å². The number of carbonyl (C=O) groups excluding carboxylic acids is 2. The Kier molecular flexibility index (Phi) is 34.5. The summed E-state index contributed by atoms with van der Waals surface area (Å²) in [6.07, 6.45) is 37.6. The number of ether oxygens (including phenoxy) is 2. The Labute approximate surface area is 268 Å². The van der Waals surface area contributed by atoms with Crippen molar-refractivity contribution >= 4 is 11.9 Å². The maximum atomic E-state index is 12.1. The van der Waals surface area contributed by atoms with Gasteiger partial charge in [0, 0.05) is 12.8 Å². The predicted molar refractivity (Wildman–Crippen MR) is 182 cm³/mol. The number of hydrogen-bond donors (Lipinski definition) is 1. The second kappa shape index (κ2) is 35.4. The van der Waals surface area contributed by atoms with Gasteiger partial charge in [0.05, 0.1) is 6.61 Å². The van der Waals surface area contributed by atoms with Crippen molar-refractivity contribution in [1.82, 2.24) is 0 Å². The summed E-state index contributed by atoms with van der Waals surface area (Å²) in [5.41, 5.74) is 0. The first-order valence-corrected chi connectivity index (χ1v) is 19.1. The van der Waals surface area contributed by atoms with E-state index in [2.05, 4.69) is 13.8 Å². The van der Waals surface area contributed by atoms with Crippen LogP contribution < -0.4 is 0 Å². The smallest absolute Gasteiger partial charge is 0.306 e. The molecule has 0 aromatic carbocycles. The van der Waals surface area contributed by atoms with Gasteiger partial charge in [0.25, 0.3) is 0 Å². The molecule has 0 aliphatic rings. The lowest BCUT2D eigenvalue weighted by atomic mass is 10.0. The fraction of sp³-hybridized carbons (Fsp3) is 0.947. The molecule has 0 rings (SSSR count). The molecule has 1 N–H and O–H groups in total. The molecule has 0 spiro atoms. The van der Waals surface area contributed by atoms with Crippen molar-refractivity contribution in [3.8, 4) is 0 Å². The van der Waals surface area contributed by atoms with E-state index in [0.717, 1.165) is 38.5 Å². The van der Waals surface area contributed by atoms with Crippen LogP contribution in [0.2, 0.25) is 0 Å². The molecule has 0 amide bonds. The summed E-state index contributed by atoms with van der Waals surface area (Å²) in [6.45, 7) is 4.11. The lowest BCUT2D eigenvalue weighted by Gasteiger charge is -2.15. The molecule has 0 radical (unpaired) electrons. The number of hydrogen-bond acceptors (Lipinski definition) is 5. The summed E-state index contributed by atoms with van der Waals surface area (Å²) in [4.78, 5) is 24.0. The van der Waals surface area contributed by atoms with Crippen LogP contribution in [0.5, 0.6) is 0 Å². The third-order valence-corrected chi connectivity index (χ3v) is 8.65. The van der Waals surface area contributed by atoms with Crippen LogP contribution in [0.25, 0.3) is 0 Å². The highest BCUT2D eigenvalue weighted by atomic mass is 16.6. The van der Waals surface area contributed by atoms with Crippen LogP contribution in [-0.4, -0.2) is 36.4 Å². The Morgan fingerprint density at radius 1 is 0.442 bits per heavy atom. The van der Waals surface area contributed by atoms with Gasteiger partial charge >= 0.3 is 11.9 Å². The van der Waals surface area contributed by atoms with Crippen molar-refractivity contribution < 1.29 is 24.2 Å². The van der Waals surface area contributed by atoms with Gasteiger partial charge < -0.3 is 14.6 Å². The molecule has 0 aromatic rings. The van der Waals surface area contributed by atoms with Crippen LogP contribution in [0, 0.1) is 0 Å². The first-order valence-electron chi connectivity index (χ1n) is 19.1. The summed E-state index contributed by atoms with van der Waals surface area (Å²) < 4.78 is 10.5. The predicted octanol–water partition coefficient (Wildman–Crippen LogP) is 11.6. The van der Waals surface area contributed by atoms with E-state index in [0.29, 0.717) is 12.8 Å². The lowest BCUT2D eigenvalue weighted by Crippen LogP contribution is -2.28. The normalized spacial score (nSPS) is 12.0. The maximum absolute atomic E-state index is 12.1. The largest absolute Gasteiger partial charge is 0.462 e. The molecule has 256 valence electrons. The summed E-state index contributed by atoms with van der Waals surface area (Å²) >= 11 is 0.